The van der Waals surface area contributed by atoms with Crippen LogP contribution in [0.25, 0.3) is 0 Å². The third kappa shape index (κ3) is 12.0. The van der Waals surface area contributed by atoms with Crippen molar-refractivity contribution in [2.24, 2.45) is 17.6 Å². The zero-order valence-corrected chi connectivity index (χ0v) is 11.6. The maximum absolute atomic E-state index is 5.56. The van der Waals surface area contributed by atoms with Crippen molar-refractivity contribution in [3.05, 3.63) is 0 Å². The predicted molar refractivity (Wildman–Crippen MR) is 73.6 cm³/mol. The number of nitrogens with two attached hydrogens (primary N) is 1. The summed E-state index contributed by atoms with van der Waals surface area (Å²) in [5.41, 5.74) is 5.56. The largest absolute Gasteiger partial charge is 0.330 e. The minimum Gasteiger partial charge on any atom is -0.330 e. The summed E-state index contributed by atoms with van der Waals surface area (Å²) in [6, 6.07) is 0. The third-order valence-corrected chi connectivity index (χ3v) is 3.10. The molecule has 0 aromatic rings. The van der Waals surface area contributed by atoms with Gasteiger partial charge in [0, 0.05) is 0 Å². The van der Waals surface area contributed by atoms with Crippen LogP contribution in [-0.4, -0.2) is 19.6 Å². The average Bonchev–Trinajstić information content (AvgIpc) is 2.26. The molecule has 0 radical (unpaired) electrons. The van der Waals surface area contributed by atoms with E-state index in [1.54, 1.807) is 0 Å². The van der Waals surface area contributed by atoms with Gasteiger partial charge in [-0.25, -0.2) is 0 Å². The van der Waals surface area contributed by atoms with Gasteiger partial charge in [0.25, 0.3) is 0 Å². The van der Waals surface area contributed by atoms with Crippen LogP contribution in [0.2, 0.25) is 0 Å². The van der Waals surface area contributed by atoms with Crippen molar-refractivity contribution in [2.45, 2.75) is 59.3 Å². The van der Waals surface area contributed by atoms with Gasteiger partial charge in [0.15, 0.2) is 0 Å². The molecule has 0 aliphatic heterocycles. The lowest BCUT2D eigenvalue weighted by molar-refractivity contribution is 0.488. The monoisotopic (exact) mass is 228 g/mol. The van der Waals surface area contributed by atoms with Gasteiger partial charge in [0.2, 0.25) is 0 Å². The number of nitrogens with one attached hydrogen (secondary N) is 1. The molecule has 0 saturated heterocycles. The van der Waals surface area contributed by atoms with Gasteiger partial charge in [0.05, 0.1) is 0 Å². The molecule has 0 spiro atoms. The summed E-state index contributed by atoms with van der Waals surface area (Å²) in [6.07, 6.45) is 8.12. The Morgan fingerprint density at radius 3 is 2.19 bits per heavy atom. The minimum atomic E-state index is 0.665. The van der Waals surface area contributed by atoms with E-state index in [1.807, 2.05) is 0 Å². The van der Waals surface area contributed by atoms with Crippen molar-refractivity contribution in [3.63, 3.8) is 0 Å². The lowest BCUT2D eigenvalue weighted by Gasteiger charge is -2.09. The van der Waals surface area contributed by atoms with E-state index in [4.69, 9.17) is 5.73 Å². The quantitative estimate of drug-likeness (QED) is 0.533. The zero-order chi connectivity index (χ0) is 12.2. The molecule has 0 saturated carbocycles. The van der Waals surface area contributed by atoms with Crippen LogP contribution in [0.1, 0.15) is 59.3 Å². The van der Waals surface area contributed by atoms with Gasteiger partial charge in [-0.3, -0.25) is 0 Å². The average molecular weight is 228 g/mol. The normalized spacial score (nSPS) is 13.3. The Bertz CT molecular complexity index is 135. The molecule has 2 heteroatoms. The van der Waals surface area contributed by atoms with E-state index in [9.17, 15) is 0 Å². The van der Waals surface area contributed by atoms with Crippen molar-refractivity contribution in [2.75, 3.05) is 19.6 Å². The van der Waals surface area contributed by atoms with Gasteiger partial charge in [-0.2, -0.15) is 0 Å². The Morgan fingerprint density at radius 2 is 1.56 bits per heavy atom. The highest BCUT2D eigenvalue weighted by Gasteiger charge is 1.98. The highest BCUT2D eigenvalue weighted by molar-refractivity contribution is 4.56. The molecule has 3 N–H and O–H groups in total. The SMILES string of the molecule is CC(C)CCCCCCNCCC(C)CN. The Kier molecular flexibility index (Phi) is 11.3. The summed E-state index contributed by atoms with van der Waals surface area (Å²) in [6.45, 7) is 9.95. The maximum atomic E-state index is 5.56. The highest BCUT2D eigenvalue weighted by Crippen LogP contribution is 2.08. The standard InChI is InChI=1S/C14H32N2/c1-13(2)8-6-4-5-7-10-16-11-9-14(3)12-15/h13-14,16H,4-12,15H2,1-3H3. The van der Waals surface area contributed by atoms with Crippen LogP contribution in [0, 0.1) is 11.8 Å². The molecule has 16 heavy (non-hydrogen) atoms. The molecular formula is C14H32N2. The topological polar surface area (TPSA) is 38.0 Å². The fourth-order valence-electron chi connectivity index (χ4n) is 1.75. The molecule has 1 atom stereocenters. The van der Waals surface area contributed by atoms with Crippen LogP contribution < -0.4 is 11.1 Å². The zero-order valence-electron chi connectivity index (χ0n) is 11.6. The molecule has 0 rings (SSSR count). The Morgan fingerprint density at radius 1 is 0.875 bits per heavy atom. The first-order valence-electron chi connectivity index (χ1n) is 7.07. The van der Waals surface area contributed by atoms with E-state index < -0.39 is 0 Å². The summed E-state index contributed by atoms with van der Waals surface area (Å²) < 4.78 is 0. The molecule has 0 amide bonds. The van der Waals surface area contributed by atoms with Crippen molar-refractivity contribution < 1.29 is 0 Å². The van der Waals surface area contributed by atoms with Crippen molar-refractivity contribution in [1.29, 1.82) is 0 Å². The van der Waals surface area contributed by atoms with Crippen LogP contribution in [0.15, 0.2) is 0 Å². The summed E-state index contributed by atoms with van der Waals surface area (Å²) in [5, 5.41) is 3.49. The van der Waals surface area contributed by atoms with Gasteiger partial charge in [-0.1, -0.05) is 46.5 Å². The van der Waals surface area contributed by atoms with Gasteiger partial charge in [0.1, 0.15) is 0 Å². The maximum Gasteiger partial charge on any atom is -0.00459 e. The Balaban J connectivity index is 2.99. The second kappa shape index (κ2) is 11.4. The second-order valence-corrected chi connectivity index (χ2v) is 5.48. The summed E-state index contributed by atoms with van der Waals surface area (Å²) in [4.78, 5) is 0. The minimum absolute atomic E-state index is 0.665. The Hall–Kier alpha value is -0.0800. The summed E-state index contributed by atoms with van der Waals surface area (Å²) in [5.74, 6) is 1.54. The predicted octanol–water partition coefficient (Wildman–Crippen LogP) is 3.17. The van der Waals surface area contributed by atoms with E-state index in [2.05, 4.69) is 26.1 Å². The number of rotatable bonds is 11. The molecule has 0 aliphatic carbocycles. The first-order valence-corrected chi connectivity index (χ1v) is 7.07. The molecule has 1 unspecified atom stereocenters. The Labute approximate surface area is 102 Å². The van der Waals surface area contributed by atoms with E-state index in [0.29, 0.717) is 5.92 Å². The van der Waals surface area contributed by atoms with Crippen molar-refractivity contribution in [3.8, 4) is 0 Å². The van der Waals surface area contributed by atoms with Crippen LogP contribution in [0.4, 0.5) is 0 Å². The highest BCUT2D eigenvalue weighted by atomic mass is 14.8. The molecule has 0 heterocycles. The number of hydrogen-bond acceptors (Lipinski definition) is 2. The van der Waals surface area contributed by atoms with Gasteiger partial charge in [-0.05, 0) is 44.3 Å². The molecule has 2 nitrogen and oxygen atoms in total. The van der Waals surface area contributed by atoms with Crippen LogP contribution in [0.3, 0.4) is 0 Å². The van der Waals surface area contributed by atoms with E-state index in [-0.39, 0.29) is 0 Å². The van der Waals surface area contributed by atoms with Gasteiger partial charge >= 0.3 is 0 Å². The first-order chi connectivity index (χ1) is 7.66. The molecule has 0 aromatic heterocycles. The summed E-state index contributed by atoms with van der Waals surface area (Å²) >= 11 is 0. The lowest BCUT2D eigenvalue weighted by Crippen LogP contribution is -2.21. The smallest absolute Gasteiger partial charge is 0.00459 e. The molecule has 98 valence electrons. The summed E-state index contributed by atoms with van der Waals surface area (Å²) in [7, 11) is 0. The molecular weight excluding hydrogens is 196 g/mol. The second-order valence-electron chi connectivity index (χ2n) is 5.48. The fraction of sp³-hybridized carbons (Fsp3) is 1.00. The van der Waals surface area contributed by atoms with E-state index in [1.165, 1.54) is 45.1 Å². The van der Waals surface area contributed by atoms with E-state index >= 15 is 0 Å². The van der Waals surface area contributed by atoms with Crippen LogP contribution >= 0.6 is 0 Å². The van der Waals surface area contributed by atoms with Gasteiger partial charge < -0.3 is 11.1 Å². The molecule has 0 bridgehead atoms. The molecule has 0 fully saturated rings. The molecule has 0 aromatic carbocycles. The van der Waals surface area contributed by atoms with Crippen LogP contribution in [-0.2, 0) is 0 Å². The number of hydrogen-bond donors (Lipinski definition) is 2. The number of unbranched alkanes of at least 4 members (excludes halogenated alkanes) is 3. The van der Waals surface area contributed by atoms with Crippen LogP contribution in [0.5, 0.6) is 0 Å². The van der Waals surface area contributed by atoms with E-state index in [0.717, 1.165) is 19.0 Å². The lowest BCUT2D eigenvalue weighted by atomic mass is 10.0. The first kappa shape index (κ1) is 15.9. The third-order valence-electron chi connectivity index (χ3n) is 3.10. The van der Waals surface area contributed by atoms with Gasteiger partial charge in [-0.15, -0.1) is 0 Å². The van der Waals surface area contributed by atoms with Crippen molar-refractivity contribution >= 4 is 0 Å². The molecule has 0 aliphatic rings. The van der Waals surface area contributed by atoms with Crippen molar-refractivity contribution in [1.82, 2.24) is 5.32 Å². The fourth-order valence-corrected chi connectivity index (χ4v) is 1.75.